The molecule has 2 rings (SSSR count). The van der Waals surface area contributed by atoms with E-state index >= 15 is 0 Å². The molecule has 2 aromatic carbocycles. The highest BCUT2D eigenvalue weighted by molar-refractivity contribution is 5.31. The quantitative estimate of drug-likeness (QED) is 0.608. The summed E-state index contributed by atoms with van der Waals surface area (Å²) in [7, 11) is 0. The highest BCUT2D eigenvalue weighted by atomic mass is 14.2. The van der Waals surface area contributed by atoms with Crippen LogP contribution in [0.15, 0.2) is 48.5 Å². The van der Waals surface area contributed by atoms with Gasteiger partial charge in [-0.25, -0.2) is 0 Å². The third kappa shape index (κ3) is 6.60. The van der Waals surface area contributed by atoms with Crippen LogP contribution in [0.5, 0.6) is 0 Å². The summed E-state index contributed by atoms with van der Waals surface area (Å²) < 4.78 is 0. The zero-order valence-electron chi connectivity index (χ0n) is 15.7. The number of hydrogen-bond donors (Lipinski definition) is 0. The van der Waals surface area contributed by atoms with Crippen molar-refractivity contribution in [1.82, 2.24) is 0 Å². The van der Waals surface area contributed by atoms with Crippen molar-refractivity contribution >= 4 is 0 Å². The first-order valence-electron chi connectivity index (χ1n) is 8.76. The minimum absolute atomic E-state index is 0.352. The van der Waals surface area contributed by atoms with Crippen LogP contribution in [0.1, 0.15) is 63.8 Å². The molecule has 0 aliphatic carbocycles. The third-order valence-corrected chi connectivity index (χ3v) is 3.92. The van der Waals surface area contributed by atoms with Crippen LogP contribution >= 0.6 is 0 Å². The Labute approximate surface area is 143 Å². The van der Waals surface area contributed by atoms with Gasteiger partial charge in [-0.3, -0.25) is 0 Å². The lowest BCUT2D eigenvalue weighted by molar-refractivity contribution is 0.411. The van der Waals surface area contributed by atoms with Gasteiger partial charge in [0.25, 0.3) is 0 Å². The molecule has 0 atom stereocenters. The molecule has 0 N–H and O–H groups in total. The van der Waals surface area contributed by atoms with E-state index in [2.05, 4.69) is 90.1 Å². The van der Waals surface area contributed by atoms with Crippen molar-refractivity contribution in [1.29, 1.82) is 0 Å². The minimum atomic E-state index is 0.352. The van der Waals surface area contributed by atoms with E-state index in [4.69, 9.17) is 0 Å². The molecule has 0 nitrogen and oxygen atoms in total. The van der Waals surface area contributed by atoms with Crippen LogP contribution in [0.25, 0.3) is 0 Å². The van der Waals surface area contributed by atoms with Crippen molar-refractivity contribution in [2.24, 2.45) is 10.8 Å². The van der Waals surface area contributed by atoms with E-state index in [-0.39, 0.29) is 0 Å². The Morgan fingerprint density at radius 3 is 1.00 bits per heavy atom. The Morgan fingerprint density at radius 2 is 0.739 bits per heavy atom. The lowest BCUT2D eigenvalue weighted by Gasteiger charge is -2.18. The fraction of sp³-hybridized carbons (Fsp3) is 0.478. The summed E-state index contributed by atoms with van der Waals surface area (Å²) in [4.78, 5) is 0. The number of hydrogen-bond acceptors (Lipinski definition) is 0. The lowest BCUT2D eigenvalue weighted by Crippen LogP contribution is -2.09. The van der Waals surface area contributed by atoms with E-state index in [9.17, 15) is 0 Å². The van der Waals surface area contributed by atoms with E-state index in [1.165, 1.54) is 22.3 Å². The second-order valence-corrected chi connectivity index (χ2v) is 9.28. The van der Waals surface area contributed by atoms with Gasteiger partial charge in [-0.1, -0.05) is 90.1 Å². The van der Waals surface area contributed by atoms with Gasteiger partial charge in [0.05, 0.1) is 0 Å². The topological polar surface area (TPSA) is 0 Å². The molecular formula is C23H32. The molecule has 0 aromatic heterocycles. The molecule has 0 saturated carbocycles. The monoisotopic (exact) mass is 308 g/mol. The molecule has 0 heteroatoms. The zero-order valence-corrected chi connectivity index (χ0v) is 15.7. The van der Waals surface area contributed by atoms with E-state index in [1.54, 1.807) is 0 Å². The molecular weight excluding hydrogens is 276 g/mol. The minimum Gasteiger partial charge on any atom is -0.0599 e. The van der Waals surface area contributed by atoms with Crippen molar-refractivity contribution in [2.75, 3.05) is 0 Å². The molecule has 23 heavy (non-hydrogen) atoms. The highest BCUT2D eigenvalue weighted by Gasteiger charge is 2.12. The summed E-state index contributed by atoms with van der Waals surface area (Å²) in [6.45, 7) is 13.8. The summed E-state index contributed by atoms with van der Waals surface area (Å²) in [6, 6.07) is 18.3. The van der Waals surface area contributed by atoms with Crippen LogP contribution in [-0.4, -0.2) is 0 Å². The van der Waals surface area contributed by atoms with Gasteiger partial charge in [-0.15, -0.1) is 0 Å². The predicted molar refractivity (Wildman–Crippen MR) is 102 cm³/mol. The Hall–Kier alpha value is -1.56. The molecule has 0 amide bonds. The molecule has 124 valence electrons. The highest BCUT2D eigenvalue weighted by Crippen LogP contribution is 2.23. The van der Waals surface area contributed by atoms with Crippen molar-refractivity contribution in [3.05, 3.63) is 70.8 Å². The maximum atomic E-state index is 2.29. The summed E-state index contributed by atoms with van der Waals surface area (Å²) in [6.07, 6.45) is 3.29. The van der Waals surface area contributed by atoms with Gasteiger partial charge in [0, 0.05) is 0 Å². The van der Waals surface area contributed by atoms with Crippen LogP contribution in [0.3, 0.4) is 0 Å². The number of rotatable bonds is 4. The second-order valence-electron chi connectivity index (χ2n) is 9.28. The smallest absolute Gasteiger partial charge is 0.00258 e. The van der Waals surface area contributed by atoms with Crippen LogP contribution in [0.4, 0.5) is 0 Å². The second kappa shape index (κ2) is 6.91. The number of benzene rings is 2. The molecule has 0 fully saturated rings. The molecule has 0 bridgehead atoms. The van der Waals surface area contributed by atoms with E-state index in [0.29, 0.717) is 10.8 Å². The largest absolute Gasteiger partial charge is 0.0599 e. The third-order valence-electron chi connectivity index (χ3n) is 3.92. The van der Waals surface area contributed by atoms with Gasteiger partial charge in [0.2, 0.25) is 0 Å². The Bertz CT molecular complexity index is 544. The van der Waals surface area contributed by atoms with Gasteiger partial charge in [-0.2, -0.15) is 0 Å². The maximum Gasteiger partial charge on any atom is -0.00258 e. The van der Waals surface area contributed by atoms with Gasteiger partial charge in [-0.05, 0) is 52.3 Å². The van der Waals surface area contributed by atoms with Gasteiger partial charge in [0.1, 0.15) is 0 Å². The van der Waals surface area contributed by atoms with E-state index in [0.717, 1.165) is 19.3 Å². The lowest BCUT2D eigenvalue weighted by atomic mass is 9.87. The average molecular weight is 309 g/mol. The van der Waals surface area contributed by atoms with E-state index in [1.807, 2.05) is 0 Å². The van der Waals surface area contributed by atoms with E-state index < -0.39 is 0 Å². The molecule has 0 radical (unpaired) electrons. The van der Waals surface area contributed by atoms with Crippen LogP contribution in [-0.2, 0) is 19.3 Å². The zero-order chi connectivity index (χ0) is 17.1. The molecule has 0 saturated heterocycles. The molecule has 0 unspecified atom stereocenters. The normalized spacial score (nSPS) is 12.4. The van der Waals surface area contributed by atoms with Crippen molar-refractivity contribution in [2.45, 2.75) is 60.8 Å². The molecule has 0 spiro atoms. The summed E-state index contributed by atoms with van der Waals surface area (Å²) >= 11 is 0. The van der Waals surface area contributed by atoms with Gasteiger partial charge in [0.15, 0.2) is 0 Å². The van der Waals surface area contributed by atoms with Crippen LogP contribution < -0.4 is 0 Å². The van der Waals surface area contributed by atoms with Gasteiger partial charge < -0.3 is 0 Å². The summed E-state index contributed by atoms with van der Waals surface area (Å²) in [5, 5.41) is 0. The fourth-order valence-electron chi connectivity index (χ4n) is 3.01. The Morgan fingerprint density at radius 1 is 0.478 bits per heavy atom. The molecule has 2 aromatic rings. The molecule has 0 aliphatic heterocycles. The van der Waals surface area contributed by atoms with Crippen molar-refractivity contribution < 1.29 is 0 Å². The standard InChI is InChI=1S/C23H32/c1-22(2,3)16-20-11-7-18(8-12-20)15-19-9-13-21(14-10-19)17-23(4,5)6/h7-14H,15-17H2,1-6H3. The summed E-state index contributed by atoms with van der Waals surface area (Å²) in [5.74, 6) is 0. The first-order chi connectivity index (χ1) is 10.6. The maximum absolute atomic E-state index is 2.29. The first kappa shape index (κ1) is 17.8. The average Bonchev–Trinajstić information content (AvgIpc) is 2.40. The van der Waals surface area contributed by atoms with Crippen molar-refractivity contribution in [3.8, 4) is 0 Å². The Kier molecular flexibility index (Phi) is 5.34. The molecule has 0 heterocycles. The fourth-order valence-corrected chi connectivity index (χ4v) is 3.01. The Balaban J connectivity index is 1.99. The van der Waals surface area contributed by atoms with Crippen molar-refractivity contribution in [3.63, 3.8) is 0 Å². The van der Waals surface area contributed by atoms with Gasteiger partial charge >= 0.3 is 0 Å². The van der Waals surface area contributed by atoms with Crippen LogP contribution in [0.2, 0.25) is 0 Å². The first-order valence-corrected chi connectivity index (χ1v) is 8.76. The van der Waals surface area contributed by atoms with Crippen LogP contribution in [0, 0.1) is 10.8 Å². The summed E-state index contributed by atoms with van der Waals surface area (Å²) in [5.41, 5.74) is 6.36. The SMILES string of the molecule is CC(C)(C)Cc1ccc(Cc2ccc(CC(C)(C)C)cc2)cc1. The predicted octanol–water partition coefficient (Wildman–Crippen LogP) is 6.45. The molecule has 0 aliphatic rings.